The van der Waals surface area contributed by atoms with E-state index in [9.17, 15) is 27.9 Å². The van der Waals surface area contributed by atoms with Crippen molar-refractivity contribution >= 4 is 22.8 Å². The van der Waals surface area contributed by atoms with Gasteiger partial charge in [0.2, 0.25) is 0 Å². The third kappa shape index (κ3) is 6.42. The van der Waals surface area contributed by atoms with Gasteiger partial charge in [-0.15, -0.1) is 0 Å². The number of amides is 1. The van der Waals surface area contributed by atoms with Crippen LogP contribution >= 0.6 is 0 Å². The van der Waals surface area contributed by atoms with Crippen LogP contribution in [0.15, 0.2) is 128 Å². The smallest absolute Gasteiger partial charge is 0.416 e. The van der Waals surface area contributed by atoms with Crippen LogP contribution in [0.4, 0.5) is 13.2 Å². The van der Waals surface area contributed by atoms with Crippen LogP contribution in [0.3, 0.4) is 0 Å². The summed E-state index contributed by atoms with van der Waals surface area (Å²) in [6, 6.07) is 34.5. The van der Waals surface area contributed by atoms with E-state index in [0.717, 1.165) is 39.8 Å². The van der Waals surface area contributed by atoms with Crippen LogP contribution in [0.1, 0.15) is 50.4 Å². The molecule has 0 spiro atoms. The number of nitrogens with one attached hydrogen (secondary N) is 1. The molecule has 2 N–H and O–H groups in total. The number of rotatable bonds is 8. The Balaban J connectivity index is 1.36. The minimum atomic E-state index is -4.46. The molecule has 8 heteroatoms. The van der Waals surface area contributed by atoms with Crippen molar-refractivity contribution in [3.8, 4) is 22.3 Å². The highest BCUT2D eigenvalue weighted by Gasteiger charge is 2.30. The number of hydrogen-bond acceptors (Lipinski definition) is 2. The lowest BCUT2D eigenvalue weighted by molar-refractivity contribution is -0.137. The molecule has 46 heavy (non-hydrogen) atoms. The Morgan fingerprint density at radius 3 is 2.00 bits per heavy atom. The standard InChI is InChI=1S/C38H29F3N2O3/c1-24(26-11-13-30(14-12-26)37(45)46)42-36(44)34-22-32(29-15-17-33(18-16-29)38(39,40)41)21-31-19-20-43(35(31)34)23-25-7-9-28(10-8-25)27-5-3-2-4-6-27/h2-22,24H,23H2,1H3,(H,42,44)(H,45,46)/t24-/m0/s1. The van der Waals surface area contributed by atoms with Gasteiger partial charge in [0.1, 0.15) is 0 Å². The average Bonchev–Trinajstić information content (AvgIpc) is 3.47. The van der Waals surface area contributed by atoms with E-state index in [-0.39, 0.29) is 11.5 Å². The predicted octanol–water partition coefficient (Wildman–Crippen LogP) is 9.23. The number of fused-ring (bicyclic) bond motifs is 1. The second kappa shape index (κ2) is 12.4. The quantitative estimate of drug-likeness (QED) is 0.179. The van der Waals surface area contributed by atoms with Gasteiger partial charge in [-0.25, -0.2) is 4.79 Å². The highest BCUT2D eigenvalue weighted by atomic mass is 19.4. The zero-order chi connectivity index (χ0) is 32.4. The first kappa shape index (κ1) is 30.4. The number of carboxylic acids is 1. The lowest BCUT2D eigenvalue weighted by Gasteiger charge is -2.17. The highest BCUT2D eigenvalue weighted by Crippen LogP contribution is 2.34. The number of nitrogens with zero attached hydrogens (tertiary/aromatic N) is 1. The van der Waals surface area contributed by atoms with E-state index in [1.54, 1.807) is 25.1 Å². The number of carbonyl (C=O) groups is 2. The van der Waals surface area contributed by atoms with Crippen molar-refractivity contribution in [3.05, 3.63) is 155 Å². The van der Waals surface area contributed by atoms with Gasteiger partial charge in [-0.2, -0.15) is 13.2 Å². The molecule has 1 amide bonds. The van der Waals surface area contributed by atoms with Crippen molar-refractivity contribution < 1.29 is 27.9 Å². The first-order valence-corrected chi connectivity index (χ1v) is 14.7. The van der Waals surface area contributed by atoms with Crippen molar-refractivity contribution in [1.82, 2.24) is 9.88 Å². The average molecular weight is 619 g/mol. The maximum absolute atomic E-state index is 13.9. The maximum Gasteiger partial charge on any atom is 0.416 e. The van der Waals surface area contributed by atoms with Gasteiger partial charge in [0.25, 0.3) is 5.91 Å². The van der Waals surface area contributed by atoms with E-state index in [0.29, 0.717) is 28.8 Å². The number of alkyl halides is 3. The van der Waals surface area contributed by atoms with Gasteiger partial charge >= 0.3 is 12.1 Å². The second-order valence-corrected chi connectivity index (χ2v) is 11.2. The zero-order valence-corrected chi connectivity index (χ0v) is 24.8. The van der Waals surface area contributed by atoms with Crippen molar-refractivity contribution in [3.63, 3.8) is 0 Å². The first-order valence-electron chi connectivity index (χ1n) is 14.7. The molecule has 0 aliphatic carbocycles. The van der Waals surface area contributed by atoms with E-state index >= 15 is 0 Å². The molecule has 5 nitrogen and oxygen atoms in total. The van der Waals surface area contributed by atoms with Crippen LogP contribution in [-0.4, -0.2) is 21.6 Å². The molecule has 0 fully saturated rings. The Kier molecular flexibility index (Phi) is 8.19. The summed E-state index contributed by atoms with van der Waals surface area (Å²) in [6.07, 6.45) is -2.56. The highest BCUT2D eigenvalue weighted by molar-refractivity contribution is 6.08. The summed E-state index contributed by atoms with van der Waals surface area (Å²) in [6.45, 7) is 2.29. The molecular formula is C38H29F3N2O3. The Morgan fingerprint density at radius 2 is 1.37 bits per heavy atom. The fraction of sp³-hybridized carbons (Fsp3) is 0.105. The first-order chi connectivity index (χ1) is 22.1. The van der Waals surface area contributed by atoms with E-state index < -0.39 is 23.8 Å². The number of benzene rings is 5. The van der Waals surface area contributed by atoms with Gasteiger partial charge in [0.05, 0.1) is 28.2 Å². The Hall–Kier alpha value is -5.63. The Morgan fingerprint density at radius 1 is 0.761 bits per heavy atom. The fourth-order valence-corrected chi connectivity index (χ4v) is 5.57. The van der Waals surface area contributed by atoms with Crippen LogP contribution < -0.4 is 5.32 Å². The summed E-state index contributed by atoms with van der Waals surface area (Å²) in [4.78, 5) is 25.2. The third-order valence-electron chi connectivity index (χ3n) is 8.07. The normalized spacial score (nSPS) is 12.2. The van der Waals surface area contributed by atoms with E-state index in [1.807, 2.05) is 53.2 Å². The van der Waals surface area contributed by atoms with E-state index in [1.165, 1.54) is 24.3 Å². The zero-order valence-electron chi connectivity index (χ0n) is 24.8. The lowest BCUT2D eigenvalue weighted by atomic mass is 9.98. The minimum Gasteiger partial charge on any atom is -0.478 e. The molecular weight excluding hydrogens is 589 g/mol. The topological polar surface area (TPSA) is 71.3 Å². The number of carboxylic acid groups (broad SMARTS) is 1. The van der Waals surface area contributed by atoms with Gasteiger partial charge in [0, 0.05) is 18.1 Å². The Labute approximate surface area is 263 Å². The van der Waals surface area contributed by atoms with Crippen LogP contribution in [0.5, 0.6) is 0 Å². The largest absolute Gasteiger partial charge is 0.478 e. The molecule has 0 unspecified atom stereocenters. The minimum absolute atomic E-state index is 0.142. The van der Waals surface area contributed by atoms with Gasteiger partial charge in [-0.3, -0.25) is 4.79 Å². The molecule has 1 aromatic heterocycles. The fourth-order valence-electron chi connectivity index (χ4n) is 5.57. The molecule has 0 saturated heterocycles. The summed E-state index contributed by atoms with van der Waals surface area (Å²) in [7, 11) is 0. The molecule has 0 aliphatic rings. The second-order valence-electron chi connectivity index (χ2n) is 11.2. The molecule has 0 bridgehead atoms. The molecule has 1 heterocycles. The monoisotopic (exact) mass is 618 g/mol. The van der Waals surface area contributed by atoms with Crippen LogP contribution in [0, 0.1) is 0 Å². The Bertz CT molecular complexity index is 2010. The van der Waals surface area contributed by atoms with Crippen molar-refractivity contribution in [2.45, 2.75) is 25.7 Å². The number of aromatic carboxylic acids is 1. The van der Waals surface area contributed by atoms with Crippen molar-refractivity contribution in [2.24, 2.45) is 0 Å². The molecule has 0 aliphatic heterocycles. The predicted molar refractivity (Wildman–Crippen MR) is 173 cm³/mol. The summed E-state index contributed by atoms with van der Waals surface area (Å²) in [5.41, 5.74) is 5.56. The number of carbonyl (C=O) groups excluding carboxylic acids is 1. The van der Waals surface area contributed by atoms with Crippen LogP contribution in [0.2, 0.25) is 0 Å². The molecule has 5 aromatic carbocycles. The lowest BCUT2D eigenvalue weighted by Crippen LogP contribution is -2.27. The number of hydrogen-bond donors (Lipinski definition) is 2. The molecule has 6 aromatic rings. The van der Waals surface area contributed by atoms with Crippen molar-refractivity contribution in [1.29, 1.82) is 0 Å². The maximum atomic E-state index is 13.9. The van der Waals surface area contributed by atoms with E-state index in [2.05, 4.69) is 29.6 Å². The van der Waals surface area contributed by atoms with Crippen molar-refractivity contribution in [2.75, 3.05) is 0 Å². The summed E-state index contributed by atoms with van der Waals surface area (Å²) in [5.74, 6) is -1.41. The summed E-state index contributed by atoms with van der Waals surface area (Å²) < 4.78 is 41.7. The molecule has 6 rings (SSSR count). The van der Waals surface area contributed by atoms with Gasteiger partial charge in [-0.05, 0) is 82.8 Å². The molecule has 1 atom stereocenters. The SMILES string of the molecule is C[C@H](NC(=O)c1cc(-c2ccc(C(F)(F)F)cc2)cc2ccn(Cc3ccc(-c4ccccc4)cc3)c12)c1ccc(C(=O)O)cc1. The molecule has 0 radical (unpaired) electrons. The van der Waals surface area contributed by atoms with E-state index in [4.69, 9.17) is 0 Å². The molecule has 230 valence electrons. The number of halogens is 3. The number of aromatic nitrogens is 1. The molecule has 0 saturated carbocycles. The van der Waals surface area contributed by atoms with Crippen LogP contribution in [-0.2, 0) is 12.7 Å². The summed E-state index contributed by atoms with van der Waals surface area (Å²) in [5, 5.41) is 13.0. The third-order valence-corrected chi connectivity index (χ3v) is 8.07. The summed E-state index contributed by atoms with van der Waals surface area (Å²) >= 11 is 0. The van der Waals surface area contributed by atoms with Gasteiger partial charge in [-0.1, -0.05) is 78.9 Å². The van der Waals surface area contributed by atoms with Crippen LogP contribution in [0.25, 0.3) is 33.2 Å². The van der Waals surface area contributed by atoms with Gasteiger partial charge < -0.3 is 15.0 Å². The van der Waals surface area contributed by atoms with Gasteiger partial charge in [0.15, 0.2) is 0 Å².